The molecule has 1 heterocycles. The third-order valence-corrected chi connectivity index (χ3v) is 8.03. The van der Waals surface area contributed by atoms with Gasteiger partial charge in [0.05, 0.1) is 12.3 Å². The molecule has 0 fully saturated rings. The van der Waals surface area contributed by atoms with E-state index in [1.807, 2.05) is 24.4 Å². The Balaban J connectivity index is 2.62. The largest absolute Gasteiger partial charge is 0.413 e. The second-order valence-corrected chi connectivity index (χ2v) is 11.1. The number of nitrogens with zero attached hydrogens (tertiary/aromatic N) is 1. The van der Waals surface area contributed by atoms with Gasteiger partial charge in [-0.3, -0.25) is 4.98 Å². The van der Waals surface area contributed by atoms with Crippen LogP contribution >= 0.6 is 0 Å². The summed E-state index contributed by atoms with van der Waals surface area (Å²) >= 11 is 0. The fourth-order valence-electron chi connectivity index (χ4n) is 1.27. The number of hydrogen-bond acceptors (Lipinski definition) is 2. The highest BCUT2D eigenvalue weighted by atomic mass is 28.4. The normalized spacial score (nSPS) is 13.8. The molecule has 0 unspecified atom stereocenters. The fraction of sp³-hybridized carbons (Fsp3) is 0.533. The molecular weight excluding hydrogens is 238 g/mol. The van der Waals surface area contributed by atoms with Crippen molar-refractivity contribution < 1.29 is 4.43 Å². The Labute approximate surface area is 112 Å². The van der Waals surface area contributed by atoms with Crippen molar-refractivity contribution in [1.29, 1.82) is 0 Å². The number of rotatable bonds is 4. The molecule has 0 atom stereocenters. The van der Waals surface area contributed by atoms with E-state index in [1.54, 1.807) is 0 Å². The second-order valence-electron chi connectivity index (χ2n) is 6.29. The summed E-state index contributed by atoms with van der Waals surface area (Å²) in [6.07, 6.45) is 3.90. The standard InChI is InChI=1S/C15H25NOSi/c1-13(11-14-9-7-8-10-16-14)12-17-18(5,6)15(2,3)4/h7-11H,12H2,1-6H3/b13-11+. The summed E-state index contributed by atoms with van der Waals surface area (Å²) in [5, 5.41) is 0.262. The fourth-order valence-corrected chi connectivity index (χ4v) is 2.29. The van der Waals surface area contributed by atoms with Crippen molar-refractivity contribution in [1.82, 2.24) is 4.98 Å². The molecule has 18 heavy (non-hydrogen) atoms. The van der Waals surface area contributed by atoms with E-state index in [2.05, 4.69) is 51.8 Å². The van der Waals surface area contributed by atoms with Gasteiger partial charge in [-0.1, -0.05) is 26.8 Å². The SMILES string of the molecule is C/C(=C\c1ccccn1)CO[Si](C)(C)C(C)(C)C. The smallest absolute Gasteiger partial charge is 0.192 e. The molecule has 1 aromatic rings. The molecule has 0 aromatic carbocycles. The van der Waals surface area contributed by atoms with Gasteiger partial charge in [-0.25, -0.2) is 0 Å². The lowest BCUT2D eigenvalue weighted by atomic mass is 10.2. The molecule has 0 aliphatic rings. The topological polar surface area (TPSA) is 22.1 Å². The summed E-state index contributed by atoms with van der Waals surface area (Å²) < 4.78 is 6.17. The maximum absolute atomic E-state index is 6.17. The van der Waals surface area contributed by atoms with Crippen LogP contribution in [0.15, 0.2) is 30.0 Å². The van der Waals surface area contributed by atoms with Crippen LogP contribution < -0.4 is 0 Å². The molecule has 0 radical (unpaired) electrons. The van der Waals surface area contributed by atoms with Crippen molar-refractivity contribution in [3.63, 3.8) is 0 Å². The van der Waals surface area contributed by atoms with Crippen LogP contribution in [0.4, 0.5) is 0 Å². The highest BCUT2D eigenvalue weighted by Gasteiger charge is 2.36. The number of aromatic nitrogens is 1. The molecule has 0 spiro atoms. The number of pyridine rings is 1. The highest BCUT2D eigenvalue weighted by molar-refractivity contribution is 6.74. The van der Waals surface area contributed by atoms with Crippen LogP contribution in [-0.4, -0.2) is 19.9 Å². The predicted octanol–water partition coefficient (Wildman–Crippen LogP) is 4.51. The maximum atomic E-state index is 6.17. The molecule has 1 aromatic heterocycles. The van der Waals surface area contributed by atoms with Crippen molar-refractivity contribution >= 4 is 14.4 Å². The Bertz CT molecular complexity index is 404. The first-order valence-electron chi connectivity index (χ1n) is 6.44. The van der Waals surface area contributed by atoms with Crippen molar-refractivity contribution in [3.05, 3.63) is 35.7 Å². The maximum Gasteiger partial charge on any atom is 0.192 e. The Morgan fingerprint density at radius 3 is 2.50 bits per heavy atom. The van der Waals surface area contributed by atoms with Crippen LogP contribution in [0.1, 0.15) is 33.4 Å². The molecule has 2 nitrogen and oxygen atoms in total. The van der Waals surface area contributed by atoms with E-state index in [-0.39, 0.29) is 5.04 Å². The van der Waals surface area contributed by atoms with Crippen molar-refractivity contribution in [2.75, 3.05) is 6.61 Å². The summed E-state index contributed by atoms with van der Waals surface area (Å²) in [4.78, 5) is 4.29. The van der Waals surface area contributed by atoms with Crippen LogP contribution in [0.5, 0.6) is 0 Å². The zero-order chi connectivity index (χ0) is 13.8. The van der Waals surface area contributed by atoms with Gasteiger partial charge in [-0.05, 0) is 48.8 Å². The summed E-state index contributed by atoms with van der Waals surface area (Å²) in [6, 6.07) is 5.94. The van der Waals surface area contributed by atoms with Crippen molar-refractivity contribution in [3.8, 4) is 0 Å². The molecule has 0 aliphatic carbocycles. The van der Waals surface area contributed by atoms with Crippen LogP contribution in [0.25, 0.3) is 6.08 Å². The highest BCUT2D eigenvalue weighted by Crippen LogP contribution is 2.36. The van der Waals surface area contributed by atoms with Gasteiger partial charge in [0.15, 0.2) is 8.32 Å². The zero-order valence-corrected chi connectivity index (χ0v) is 13.4. The lowest BCUT2D eigenvalue weighted by molar-refractivity contribution is 0.319. The van der Waals surface area contributed by atoms with E-state index in [4.69, 9.17) is 4.43 Å². The van der Waals surface area contributed by atoms with Gasteiger partial charge in [-0.15, -0.1) is 0 Å². The molecule has 1 rings (SSSR count). The second kappa shape index (κ2) is 5.80. The van der Waals surface area contributed by atoms with Crippen LogP contribution in [-0.2, 0) is 4.43 Å². The molecule has 0 amide bonds. The molecular formula is C15H25NOSi. The van der Waals surface area contributed by atoms with Gasteiger partial charge >= 0.3 is 0 Å². The average Bonchev–Trinajstić information content (AvgIpc) is 2.26. The summed E-state index contributed by atoms with van der Waals surface area (Å²) in [5.74, 6) is 0. The quantitative estimate of drug-likeness (QED) is 0.746. The van der Waals surface area contributed by atoms with Gasteiger partial charge in [0.2, 0.25) is 0 Å². The Morgan fingerprint density at radius 1 is 1.33 bits per heavy atom. The summed E-state index contributed by atoms with van der Waals surface area (Å²) in [6.45, 7) is 14.1. The molecule has 0 saturated carbocycles. The number of hydrogen-bond donors (Lipinski definition) is 0. The lowest BCUT2D eigenvalue weighted by Gasteiger charge is -2.36. The van der Waals surface area contributed by atoms with Crippen LogP contribution in [0.2, 0.25) is 18.1 Å². The minimum Gasteiger partial charge on any atom is -0.413 e. The van der Waals surface area contributed by atoms with Gasteiger partial charge in [-0.2, -0.15) is 0 Å². The third-order valence-electron chi connectivity index (χ3n) is 3.55. The van der Waals surface area contributed by atoms with Crippen LogP contribution in [0.3, 0.4) is 0 Å². The van der Waals surface area contributed by atoms with Gasteiger partial charge in [0.25, 0.3) is 0 Å². The molecule has 100 valence electrons. The summed E-state index contributed by atoms with van der Waals surface area (Å²) in [5.41, 5.74) is 2.22. The Morgan fingerprint density at radius 2 is 2.00 bits per heavy atom. The van der Waals surface area contributed by atoms with E-state index in [9.17, 15) is 0 Å². The van der Waals surface area contributed by atoms with E-state index >= 15 is 0 Å². The minimum absolute atomic E-state index is 0.262. The molecule has 3 heteroatoms. The monoisotopic (exact) mass is 263 g/mol. The predicted molar refractivity (Wildman–Crippen MR) is 81.0 cm³/mol. The Kier molecular flexibility index (Phi) is 4.88. The first-order valence-corrected chi connectivity index (χ1v) is 9.35. The van der Waals surface area contributed by atoms with E-state index in [1.165, 1.54) is 5.57 Å². The average molecular weight is 263 g/mol. The van der Waals surface area contributed by atoms with Crippen molar-refractivity contribution in [2.45, 2.75) is 45.8 Å². The first-order chi connectivity index (χ1) is 8.22. The zero-order valence-electron chi connectivity index (χ0n) is 12.4. The Hall–Kier alpha value is -0.933. The lowest BCUT2D eigenvalue weighted by Crippen LogP contribution is -2.41. The van der Waals surface area contributed by atoms with Gasteiger partial charge < -0.3 is 4.43 Å². The molecule has 0 saturated heterocycles. The van der Waals surface area contributed by atoms with Crippen molar-refractivity contribution in [2.24, 2.45) is 0 Å². The van der Waals surface area contributed by atoms with E-state index in [0.29, 0.717) is 6.61 Å². The molecule has 0 N–H and O–H groups in total. The van der Waals surface area contributed by atoms with Crippen LogP contribution in [0, 0.1) is 0 Å². The van der Waals surface area contributed by atoms with Gasteiger partial charge in [0, 0.05) is 6.20 Å². The van der Waals surface area contributed by atoms with E-state index < -0.39 is 8.32 Å². The molecule has 0 bridgehead atoms. The third kappa shape index (κ3) is 4.39. The molecule has 0 aliphatic heterocycles. The van der Waals surface area contributed by atoms with E-state index in [0.717, 1.165) is 5.69 Å². The summed E-state index contributed by atoms with van der Waals surface area (Å²) in [7, 11) is -1.65. The van der Waals surface area contributed by atoms with Gasteiger partial charge in [0.1, 0.15) is 0 Å². The minimum atomic E-state index is -1.65. The first kappa shape index (κ1) is 15.1.